The molecule has 0 atom stereocenters. The van der Waals surface area contributed by atoms with Crippen molar-refractivity contribution in [2.75, 3.05) is 7.11 Å². The first-order valence-electron chi connectivity index (χ1n) is 8.57. The van der Waals surface area contributed by atoms with Crippen LogP contribution in [0.3, 0.4) is 0 Å². The number of hydrogen-bond acceptors (Lipinski definition) is 2. The molecule has 0 saturated heterocycles. The Labute approximate surface area is 133 Å². The lowest BCUT2D eigenvalue weighted by Gasteiger charge is -2.14. The molecule has 1 heterocycles. The summed E-state index contributed by atoms with van der Waals surface area (Å²) in [5.74, 6) is 0.896. The highest BCUT2D eigenvalue weighted by Crippen LogP contribution is 2.28. The number of aromatic nitrogens is 2. The molecule has 1 aromatic heterocycles. The molecule has 0 radical (unpaired) electrons. The van der Waals surface area contributed by atoms with Crippen LogP contribution in [0.25, 0.3) is 5.69 Å². The Hall–Kier alpha value is -1.77. The zero-order chi connectivity index (χ0) is 15.4. The first kappa shape index (κ1) is 15.1. The summed E-state index contributed by atoms with van der Waals surface area (Å²) in [6.45, 7) is 2.26. The maximum atomic E-state index is 5.26. The molecule has 3 heteroatoms. The van der Waals surface area contributed by atoms with Gasteiger partial charge in [0.1, 0.15) is 5.75 Å². The van der Waals surface area contributed by atoms with Crippen LogP contribution >= 0.6 is 0 Å². The van der Waals surface area contributed by atoms with Crippen LogP contribution in [-0.2, 0) is 19.3 Å². The number of unbranched alkanes of at least 4 members (excludes halogenated alkanes) is 2. The van der Waals surface area contributed by atoms with E-state index in [1.54, 1.807) is 7.11 Å². The molecule has 0 aliphatic heterocycles. The van der Waals surface area contributed by atoms with Crippen LogP contribution in [-0.4, -0.2) is 16.9 Å². The molecule has 0 unspecified atom stereocenters. The van der Waals surface area contributed by atoms with E-state index in [0.717, 1.165) is 24.3 Å². The van der Waals surface area contributed by atoms with Crippen molar-refractivity contribution in [1.29, 1.82) is 0 Å². The minimum Gasteiger partial charge on any atom is -0.497 e. The van der Waals surface area contributed by atoms with Crippen LogP contribution < -0.4 is 4.74 Å². The van der Waals surface area contributed by atoms with Gasteiger partial charge in [0.25, 0.3) is 0 Å². The Balaban J connectivity index is 1.92. The lowest BCUT2D eigenvalue weighted by atomic mass is 9.94. The van der Waals surface area contributed by atoms with E-state index in [1.807, 2.05) is 12.1 Å². The molecule has 0 fully saturated rings. The molecule has 118 valence electrons. The summed E-state index contributed by atoms with van der Waals surface area (Å²) in [6, 6.07) is 8.25. The minimum absolute atomic E-state index is 0.896. The van der Waals surface area contributed by atoms with E-state index in [-0.39, 0.29) is 0 Å². The number of rotatable bonds is 6. The summed E-state index contributed by atoms with van der Waals surface area (Å²) >= 11 is 0. The fourth-order valence-corrected chi connectivity index (χ4v) is 3.36. The summed E-state index contributed by atoms with van der Waals surface area (Å²) in [6.07, 6.45) is 9.88. The van der Waals surface area contributed by atoms with Gasteiger partial charge in [-0.15, -0.1) is 0 Å². The van der Waals surface area contributed by atoms with Crippen molar-refractivity contribution in [2.24, 2.45) is 0 Å². The van der Waals surface area contributed by atoms with Gasteiger partial charge in [-0.25, -0.2) is 4.68 Å². The highest BCUT2D eigenvalue weighted by atomic mass is 16.5. The van der Waals surface area contributed by atoms with Crippen molar-refractivity contribution in [2.45, 2.75) is 58.3 Å². The van der Waals surface area contributed by atoms with Gasteiger partial charge >= 0.3 is 0 Å². The lowest BCUT2D eigenvalue weighted by molar-refractivity contribution is 0.414. The van der Waals surface area contributed by atoms with E-state index >= 15 is 0 Å². The van der Waals surface area contributed by atoms with E-state index in [2.05, 4.69) is 23.7 Å². The fraction of sp³-hybridized carbons (Fsp3) is 0.526. The first-order valence-corrected chi connectivity index (χ1v) is 8.57. The van der Waals surface area contributed by atoms with Gasteiger partial charge in [0, 0.05) is 5.69 Å². The summed E-state index contributed by atoms with van der Waals surface area (Å²) in [5.41, 5.74) is 5.45. The predicted octanol–water partition coefficient (Wildman–Crippen LogP) is 4.49. The van der Waals surface area contributed by atoms with E-state index in [0.29, 0.717) is 0 Å². The second-order valence-electron chi connectivity index (χ2n) is 6.15. The van der Waals surface area contributed by atoms with Crippen molar-refractivity contribution in [3.05, 3.63) is 41.2 Å². The van der Waals surface area contributed by atoms with E-state index in [1.165, 1.54) is 55.5 Å². The molecule has 1 aliphatic rings. The quantitative estimate of drug-likeness (QED) is 0.735. The zero-order valence-electron chi connectivity index (χ0n) is 13.8. The van der Waals surface area contributed by atoms with Gasteiger partial charge in [-0.3, -0.25) is 0 Å². The molecule has 2 aromatic rings. The molecule has 3 rings (SSSR count). The van der Waals surface area contributed by atoms with Crippen molar-refractivity contribution >= 4 is 0 Å². The summed E-state index contributed by atoms with van der Waals surface area (Å²) in [5, 5.41) is 4.97. The number of aryl methyl sites for hydroxylation is 1. The second kappa shape index (κ2) is 6.99. The van der Waals surface area contributed by atoms with E-state index < -0.39 is 0 Å². The smallest absolute Gasteiger partial charge is 0.119 e. The van der Waals surface area contributed by atoms with Crippen molar-refractivity contribution in [1.82, 2.24) is 9.78 Å². The van der Waals surface area contributed by atoms with Crippen LogP contribution in [0.5, 0.6) is 5.75 Å². The van der Waals surface area contributed by atoms with Crippen molar-refractivity contribution in [3.63, 3.8) is 0 Å². The summed E-state index contributed by atoms with van der Waals surface area (Å²) in [7, 11) is 1.70. The standard InChI is InChI=1S/C19H26N2O/c1-3-4-5-9-18-17-8-6-7-10-19(17)21(20-18)15-11-13-16(22-2)14-12-15/h11-14H,3-10H2,1-2H3. The number of methoxy groups -OCH3 is 1. The van der Waals surface area contributed by atoms with Gasteiger partial charge < -0.3 is 4.74 Å². The van der Waals surface area contributed by atoms with E-state index in [9.17, 15) is 0 Å². The monoisotopic (exact) mass is 298 g/mol. The molecule has 0 N–H and O–H groups in total. The van der Waals surface area contributed by atoms with Gasteiger partial charge in [-0.1, -0.05) is 19.8 Å². The van der Waals surface area contributed by atoms with Crippen LogP contribution in [0.4, 0.5) is 0 Å². The maximum Gasteiger partial charge on any atom is 0.119 e. The average molecular weight is 298 g/mol. The van der Waals surface area contributed by atoms with Gasteiger partial charge in [-0.2, -0.15) is 5.10 Å². The van der Waals surface area contributed by atoms with Crippen LogP contribution in [0.15, 0.2) is 24.3 Å². The Kier molecular flexibility index (Phi) is 4.81. The van der Waals surface area contributed by atoms with Gasteiger partial charge in [0.05, 0.1) is 18.5 Å². The van der Waals surface area contributed by atoms with Crippen molar-refractivity contribution < 1.29 is 4.74 Å². The van der Waals surface area contributed by atoms with Gasteiger partial charge in [-0.05, 0) is 68.4 Å². The number of nitrogens with zero attached hydrogens (tertiary/aromatic N) is 2. The van der Waals surface area contributed by atoms with Crippen LogP contribution in [0, 0.1) is 0 Å². The topological polar surface area (TPSA) is 27.1 Å². The molecule has 0 bridgehead atoms. The third-order valence-electron chi connectivity index (χ3n) is 4.60. The Morgan fingerprint density at radius 1 is 1.09 bits per heavy atom. The first-order chi connectivity index (χ1) is 10.8. The molecule has 0 spiro atoms. The fourth-order valence-electron chi connectivity index (χ4n) is 3.36. The highest BCUT2D eigenvalue weighted by molar-refractivity contribution is 5.41. The zero-order valence-corrected chi connectivity index (χ0v) is 13.8. The molecular formula is C19H26N2O. The number of hydrogen-bond donors (Lipinski definition) is 0. The third-order valence-corrected chi connectivity index (χ3v) is 4.60. The summed E-state index contributed by atoms with van der Waals surface area (Å²) in [4.78, 5) is 0. The molecule has 0 amide bonds. The predicted molar refractivity (Wildman–Crippen MR) is 90.0 cm³/mol. The number of benzene rings is 1. The van der Waals surface area contributed by atoms with Gasteiger partial charge in [0.2, 0.25) is 0 Å². The molecule has 22 heavy (non-hydrogen) atoms. The lowest BCUT2D eigenvalue weighted by Crippen LogP contribution is -2.07. The van der Waals surface area contributed by atoms with E-state index in [4.69, 9.17) is 9.84 Å². The molecular weight excluding hydrogens is 272 g/mol. The number of fused-ring (bicyclic) bond motifs is 1. The maximum absolute atomic E-state index is 5.26. The Morgan fingerprint density at radius 3 is 2.59 bits per heavy atom. The molecule has 3 nitrogen and oxygen atoms in total. The number of ether oxygens (including phenoxy) is 1. The van der Waals surface area contributed by atoms with Gasteiger partial charge in [0.15, 0.2) is 0 Å². The SMILES string of the molecule is CCCCCc1nn(-c2ccc(OC)cc2)c2c1CCCC2. The molecule has 1 aliphatic carbocycles. The van der Waals surface area contributed by atoms with Crippen LogP contribution in [0.2, 0.25) is 0 Å². The third kappa shape index (κ3) is 3.03. The summed E-state index contributed by atoms with van der Waals surface area (Å²) < 4.78 is 7.43. The Bertz CT molecular complexity index is 613. The second-order valence-corrected chi connectivity index (χ2v) is 6.15. The van der Waals surface area contributed by atoms with Crippen molar-refractivity contribution in [3.8, 4) is 11.4 Å². The Morgan fingerprint density at radius 2 is 1.86 bits per heavy atom. The average Bonchev–Trinajstić information content (AvgIpc) is 2.94. The minimum atomic E-state index is 0.896. The highest BCUT2D eigenvalue weighted by Gasteiger charge is 2.21. The van der Waals surface area contributed by atoms with Crippen LogP contribution in [0.1, 0.15) is 56.0 Å². The molecule has 0 saturated carbocycles. The largest absolute Gasteiger partial charge is 0.497 e. The normalized spacial score (nSPS) is 13.9. The molecule has 1 aromatic carbocycles.